The van der Waals surface area contributed by atoms with Crippen LogP contribution in [0.2, 0.25) is 0 Å². The average Bonchev–Trinajstić information content (AvgIpc) is 2.86. The van der Waals surface area contributed by atoms with Gasteiger partial charge < -0.3 is 15.6 Å². The minimum absolute atomic E-state index is 0.138. The SMILES string of the molecule is CC(C)(C)c1nc(CN=C(N)NC2CCCCC2)no1. The zero-order chi connectivity index (χ0) is 14.6. The molecule has 0 aromatic carbocycles. The van der Waals surface area contributed by atoms with Crippen LogP contribution >= 0.6 is 0 Å². The van der Waals surface area contributed by atoms with Crippen molar-refractivity contribution in [1.82, 2.24) is 15.5 Å². The highest BCUT2D eigenvalue weighted by molar-refractivity contribution is 5.78. The third-order valence-corrected chi connectivity index (χ3v) is 3.46. The molecule has 0 atom stereocenters. The highest BCUT2D eigenvalue weighted by Gasteiger charge is 2.21. The summed E-state index contributed by atoms with van der Waals surface area (Å²) in [5.74, 6) is 1.67. The quantitative estimate of drug-likeness (QED) is 0.653. The number of nitrogens with two attached hydrogens (primary N) is 1. The van der Waals surface area contributed by atoms with Crippen molar-refractivity contribution in [2.24, 2.45) is 10.7 Å². The molecule has 0 radical (unpaired) electrons. The molecule has 1 heterocycles. The second-order valence-electron chi connectivity index (χ2n) is 6.45. The van der Waals surface area contributed by atoms with Crippen molar-refractivity contribution >= 4 is 5.96 Å². The van der Waals surface area contributed by atoms with E-state index in [1.54, 1.807) is 0 Å². The van der Waals surface area contributed by atoms with Crippen LogP contribution < -0.4 is 11.1 Å². The highest BCUT2D eigenvalue weighted by Crippen LogP contribution is 2.20. The number of nitrogens with zero attached hydrogens (tertiary/aromatic N) is 3. The lowest BCUT2D eigenvalue weighted by Crippen LogP contribution is -2.41. The van der Waals surface area contributed by atoms with Crippen LogP contribution in [0.25, 0.3) is 0 Å². The molecule has 0 saturated heterocycles. The summed E-state index contributed by atoms with van der Waals surface area (Å²) in [5.41, 5.74) is 5.76. The molecule has 112 valence electrons. The molecule has 0 amide bonds. The first-order valence-corrected chi connectivity index (χ1v) is 7.34. The van der Waals surface area contributed by atoms with Crippen molar-refractivity contribution in [3.63, 3.8) is 0 Å². The molecule has 1 aliphatic carbocycles. The molecular formula is C14H25N5O. The first-order valence-electron chi connectivity index (χ1n) is 7.34. The van der Waals surface area contributed by atoms with Crippen LogP contribution in [0, 0.1) is 0 Å². The van der Waals surface area contributed by atoms with E-state index >= 15 is 0 Å². The molecule has 0 bridgehead atoms. The zero-order valence-corrected chi connectivity index (χ0v) is 12.6. The van der Waals surface area contributed by atoms with Crippen LogP contribution in [0.3, 0.4) is 0 Å². The van der Waals surface area contributed by atoms with Crippen LogP contribution in [0.4, 0.5) is 0 Å². The summed E-state index contributed by atoms with van der Waals surface area (Å²) in [4.78, 5) is 8.61. The van der Waals surface area contributed by atoms with Gasteiger partial charge in [-0.3, -0.25) is 0 Å². The van der Waals surface area contributed by atoms with Crippen molar-refractivity contribution < 1.29 is 4.52 Å². The van der Waals surface area contributed by atoms with Gasteiger partial charge in [0.1, 0.15) is 6.54 Å². The van der Waals surface area contributed by atoms with Crippen molar-refractivity contribution in [1.29, 1.82) is 0 Å². The molecule has 0 spiro atoms. The Kier molecular flexibility index (Phi) is 4.62. The maximum atomic E-state index is 5.90. The lowest BCUT2D eigenvalue weighted by atomic mass is 9.96. The molecule has 0 unspecified atom stereocenters. The Balaban J connectivity index is 1.86. The van der Waals surface area contributed by atoms with E-state index in [9.17, 15) is 0 Å². The average molecular weight is 279 g/mol. The third-order valence-electron chi connectivity index (χ3n) is 3.46. The Morgan fingerprint density at radius 3 is 2.65 bits per heavy atom. The van der Waals surface area contributed by atoms with Gasteiger partial charge in [0.2, 0.25) is 5.89 Å². The number of nitrogens with one attached hydrogen (secondary N) is 1. The first-order chi connectivity index (χ1) is 9.45. The monoisotopic (exact) mass is 279 g/mol. The molecule has 1 aliphatic rings. The Morgan fingerprint density at radius 1 is 1.35 bits per heavy atom. The normalized spacial score (nSPS) is 18.2. The second-order valence-corrected chi connectivity index (χ2v) is 6.45. The van der Waals surface area contributed by atoms with Crippen molar-refractivity contribution in [3.8, 4) is 0 Å². The summed E-state index contributed by atoms with van der Waals surface area (Å²) >= 11 is 0. The van der Waals surface area contributed by atoms with Gasteiger partial charge in [-0.2, -0.15) is 4.98 Å². The van der Waals surface area contributed by atoms with Gasteiger partial charge in [-0.05, 0) is 12.8 Å². The summed E-state index contributed by atoms with van der Waals surface area (Å²) in [5, 5.41) is 7.19. The Bertz CT molecular complexity index is 454. The molecule has 6 heteroatoms. The Labute approximate surface area is 120 Å². The lowest BCUT2D eigenvalue weighted by Gasteiger charge is -2.23. The molecule has 1 saturated carbocycles. The van der Waals surface area contributed by atoms with E-state index in [0.29, 0.717) is 30.3 Å². The molecule has 1 aromatic rings. The molecule has 3 N–H and O–H groups in total. The summed E-state index contributed by atoms with van der Waals surface area (Å²) in [7, 11) is 0. The van der Waals surface area contributed by atoms with Gasteiger partial charge >= 0.3 is 0 Å². The van der Waals surface area contributed by atoms with Gasteiger partial charge in [0.25, 0.3) is 0 Å². The van der Waals surface area contributed by atoms with Gasteiger partial charge in [0, 0.05) is 11.5 Å². The fourth-order valence-corrected chi connectivity index (χ4v) is 2.28. The molecule has 2 rings (SSSR count). The summed E-state index contributed by atoms with van der Waals surface area (Å²) in [6, 6.07) is 0.461. The van der Waals surface area contributed by atoms with Crippen molar-refractivity contribution in [3.05, 3.63) is 11.7 Å². The lowest BCUT2D eigenvalue weighted by molar-refractivity contribution is 0.318. The van der Waals surface area contributed by atoms with E-state index in [2.05, 4.69) is 20.4 Å². The van der Waals surface area contributed by atoms with Gasteiger partial charge in [-0.1, -0.05) is 45.2 Å². The largest absolute Gasteiger partial charge is 0.370 e. The predicted molar refractivity (Wildman–Crippen MR) is 78.3 cm³/mol. The standard InChI is InChI=1S/C14H25N5O/c1-14(2,3)12-18-11(19-20-12)9-16-13(15)17-10-7-5-4-6-8-10/h10H,4-9H2,1-3H3,(H3,15,16,17). The number of hydrogen-bond donors (Lipinski definition) is 2. The van der Waals surface area contributed by atoms with Gasteiger partial charge in [-0.25, -0.2) is 4.99 Å². The van der Waals surface area contributed by atoms with E-state index < -0.39 is 0 Å². The minimum atomic E-state index is -0.138. The molecule has 6 nitrogen and oxygen atoms in total. The van der Waals surface area contributed by atoms with Crippen LogP contribution in [0.1, 0.15) is 64.6 Å². The van der Waals surface area contributed by atoms with Crippen LogP contribution in [0.5, 0.6) is 0 Å². The number of guanidine groups is 1. The smallest absolute Gasteiger partial charge is 0.232 e. The number of aliphatic imine (C=N–C) groups is 1. The molecule has 1 fully saturated rings. The first kappa shape index (κ1) is 14.8. The van der Waals surface area contributed by atoms with E-state index in [0.717, 1.165) is 0 Å². The molecule has 20 heavy (non-hydrogen) atoms. The molecule has 1 aromatic heterocycles. The van der Waals surface area contributed by atoms with E-state index in [-0.39, 0.29) is 5.41 Å². The summed E-state index contributed by atoms with van der Waals surface area (Å²) in [6.45, 7) is 6.46. The predicted octanol–water partition coefficient (Wildman–Crippen LogP) is 2.10. The molecule has 0 aliphatic heterocycles. The Morgan fingerprint density at radius 2 is 2.05 bits per heavy atom. The Hall–Kier alpha value is -1.59. The van der Waals surface area contributed by atoms with E-state index in [1.807, 2.05) is 20.8 Å². The zero-order valence-electron chi connectivity index (χ0n) is 12.6. The number of rotatable bonds is 3. The summed E-state index contributed by atoms with van der Waals surface area (Å²) < 4.78 is 5.22. The van der Waals surface area contributed by atoms with Crippen LogP contribution in [0.15, 0.2) is 9.52 Å². The third kappa shape index (κ3) is 4.21. The fraction of sp³-hybridized carbons (Fsp3) is 0.786. The molecular weight excluding hydrogens is 254 g/mol. The van der Waals surface area contributed by atoms with Crippen molar-refractivity contribution in [2.45, 2.75) is 70.9 Å². The second kappa shape index (κ2) is 6.24. The number of hydrogen-bond acceptors (Lipinski definition) is 4. The van der Waals surface area contributed by atoms with Crippen molar-refractivity contribution in [2.75, 3.05) is 0 Å². The highest BCUT2D eigenvalue weighted by atomic mass is 16.5. The van der Waals surface area contributed by atoms with Gasteiger partial charge in [0.05, 0.1) is 0 Å². The maximum Gasteiger partial charge on any atom is 0.232 e. The minimum Gasteiger partial charge on any atom is -0.370 e. The van der Waals surface area contributed by atoms with E-state index in [4.69, 9.17) is 10.3 Å². The summed E-state index contributed by atoms with van der Waals surface area (Å²) in [6.07, 6.45) is 6.21. The van der Waals surface area contributed by atoms with E-state index in [1.165, 1.54) is 32.1 Å². The maximum absolute atomic E-state index is 5.90. The fourth-order valence-electron chi connectivity index (χ4n) is 2.28. The van der Waals surface area contributed by atoms with Gasteiger partial charge in [-0.15, -0.1) is 0 Å². The van der Waals surface area contributed by atoms with Gasteiger partial charge in [0.15, 0.2) is 11.8 Å². The topological polar surface area (TPSA) is 89.3 Å². The van der Waals surface area contributed by atoms with Crippen LogP contribution in [-0.4, -0.2) is 22.1 Å². The van der Waals surface area contributed by atoms with Crippen LogP contribution in [-0.2, 0) is 12.0 Å². The number of aromatic nitrogens is 2.